The van der Waals surface area contributed by atoms with Crippen molar-refractivity contribution in [3.63, 3.8) is 0 Å². The van der Waals surface area contributed by atoms with E-state index in [9.17, 15) is 10.2 Å². The van der Waals surface area contributed by atoms with Crippen molar-refractivity contribution < 1.29 is 10.2 Å². The highest BCUT2D eigenvalue weighted by Crippen LogP contribution is 2.28. The Morgan fingerprint density at radius 1 is 1.23 bits per heavy atom. The van der Waals surface area contributed by atoms with Crippen molar-refractivity contribution in [3.8, 4) is 0 Å². The standard InChI is InChI=1S/C11H12O2/c1-7-2-4-9-8(6-7)3-5-10(12)11(9)13/h2-6,10-13H,1H3/t10-,11+/m0/s1. The summed E-state index contributed by atoms with van der Waals surface area (Å²) in [6, 6.07) is 5.80. The summed E-state index contributed by atoms with van der Waals surface area (Å²) in [5.41, 5.74) is 2.96. The van der Waals surface area contributed by atoms with Crippen LogP contribution < -0.4 is 0 Å². The molecule has 2 rings (SSSR count). The van der Waals surface area contributed by atoms with E-state index in [0.29, 0.717) is 0 Å². The molecule has 0 bridgehead atoms. The number of benzene rings is 1. The third-order valence-electron chi connectivity index (χ3n) is 2.36. The second-order valence-electron chi connectivity index (χ2n) is 3.43. The van der Waals surface area contributed by atoms with E-state index in [2.05, 4.69) is 0 Å². The summed E-state index contributed by atoms with van der Waals surface area (Å²) >= 11 is 0. The molecule has 2 heteroatoms. The fourth-order valence-corrected chi connectivity index (χ4v) is 1.60. The SMILES string of the molecule is Cc1ccc2c(c1)C=C[C@H](O)[C@@H]2O. The van der Waals surface area contributed by atoms with Gasteiger partial charge < -0.3 is 10.2 Å². The highest BCUT2D eigenvalue weighted by atomic mass is 16.3. The molecule has 0 unspecified atom stereocenters. The van der Waals surface area contributed by atoms with E-state index in [4.69, 9.17) is 0 Å². The van der Waals surface area contributed by atoms with Crippen molar-refractivity contribution in [2.45, 2.75) is 19.1 Å². The van der Waals surface area contributed by atoms with E-state index in [0.717, 1.165) is 16.7 Å². The number of aryl methyl sites for hydroxylation is 1. The van der Waals surface area contributed by atoms with Gasteiger partial charge in [-0.25, -0.2) is 0 Å². The summed E-state index contributed by atoms with van der Waals surface area (Å²) in [6.07, 6.45) is 1.92. The van der Waals surface area contributed by atoms with Gasteiger partial charge in [-0.3, -0.25) is 0 Å². The van der Waals surface area contributed by atoms with Gasteiger partial charge in [0.15, 0.2) is 0 Å². The maximum absolute atomic E-state index is 9.62. The van der Waals surface area contributed by atoms with Crippen molar-refractivity contribution in [1.82, 2.24) is 0 Å². The Labute approximate surface area is 77.1 Å². The first-order valence-electron chi connectivity index (χ1n) is 4.33. The average molecular weight is 176 g/mol. The summed E-state index contributed by atoms with van der Waals surface area (Å²) in [5, 5.41) is 19.0. The molecule has 2 nitrogen and oxygen atoms in total. The van der Waals surface area contributed by atoms with E-state index in [1.807, 2.05) is 31.2 Å². The molecule has 0 saturated heterocycles. The lowest BCUT2D eigenvalue weighted by Crippen LogP contribution is -2.19. The van der Waals surface area contributed by atoms with Gasteiger partial charge in [-0.15, -0.1) is 0 Å². The van der Waals surface area contributed by atoms with E-state index in [1.165, 1.54) is 0 Å². The molecular weight excluding hydrogens is 164 g/mol. The molecular formula is C11H12O2. The van der Waals surface area contributed by atoms with Gasteiger partial charge in [0, 0.05) is 0 Å². The Morgan fingerprint density at radius 2 is 2.00 bits per heavy atom. The molecule has 1 aromatic carbocycles. The fraction of sp³-hybridized carbons (Fsp3) is 0.273. The zero-order valence-corrected chi connectivity index (χ0v) is 7.44. The normalized spacial score (nSPS) is 25.8. The third kappa shape index (κ3) is 1.39. The van der Waals surface area contributed by atoms with Gasteiger partial charge in [0.1, 0.15) is 12.2 Å². The average Bonchev–Trinajstić information content (AvgIpc) is 2.12. The first-order chi connectivity index (χ1) is 6.18. The smallest absolute Gasteiger partial charge is 0.109 e. The Kier molecular flexibility index (Phi) is 1.94. The van der Waals surface area contributed by atoms with E-state index >= 15 is 0 Å². The zero-order chi connectivity index (χ0) is 9.42. The number of fused-ring (bicyclic) bond motifs is 1. The molecule has 1 aliphatic carbocycles. The minimum atomic E-state index is -0.777. The molecule has 0 saturated carbocycles. The molecule has 2 N–H and O–H groups in total. The molecule has 1 aromatic rings. The number of aliphatic hydroxyl groups excluding tert-OH is 2. The monoisotopic (exact) mass is 176 g/mol. The second kappa shape index (κ2) is 2.98. The van der Waals surface area contributed by atoms with Crippen LogP contribution in [0.2, 0.25) is 0 Å². The number of hydrogen-bond acceptors (Lipinski definition) is 2. The first kappa shape index (κ1) is 8.48. The van der Waals surface area contributed by atoms with Crippen LogP contribution in [0, 0.1) is 6.92 Å². The lowest BCUT2D eigenvalue weighted by atomic mass is 9.92. The van der Waals surface area contributed by atoms with E-state index in [-0.39, 0.29) is 0 Å². The quantitative estimate of drug-likeness (QED) is 0.627. The Hall–Kier alpha value is -1.12. The molecule has 0 fully saturated rings. The summed E-state index contributed by atoms with van der Waals surface area (Å²) < 4.78 is 0. The number of aliphatic hydroxyl groups is 2. The molecule has 0 amide bonds. The fourth-order valence-electron chi connectivity index (χ4n) is 1.60. The van der Waals surface area contributed by atoms with Crippen LogP contribution in [0.1, 0.15) is 22.8 Å². The number of rotatable bonds is 0. The van der Waals surface area contributed by atoms with Gasteiger partial charge in [-0.05, 0) is 18.1 Å². The Bertz CT molecular complexity index is 355. The largest absolute Gasteiger partial charge is 0.386 e. The van der Waals surface area contributed by atoms with Crippen LogP contribution in [0.4, 0.5) is 0 Å². The summed E-state index contributed by atoms with van der Waals surface area (Å²) in [7, 11) is 0. The minimum Gasteiger partial charge on any atom is -0.386 e. The Balaban J connectivity index is 2.52. The lowest BCUT2D eigenvalue weighted by molar-refractivity contribution is 0.0470. The second-order valence-corrected chi connectivity index (χ2v) is 3.43. The van der Waals surface area contributed by atoms with Crippen LogP contribution >= 0.6 is 0 Å². The predicted octanol–water partition coefficient (Wildman–Crippen LogP) is 1.42. The molecule has 13 heavy (non-hydrogen) atoms. The predicted molar refractivity (Wildman–Crippen MR) is 51.2 cm³/mol. The van der Waals surface area contributed by atoms with E-state index in [1.54, 1.807) is 6.08 Å². The van der Waals surface area contributed by atoms with Gasteiger partial charge in [-0.1, -0.05) is 35.9 Å². The van der Waals surface area contributed by atoms with Gasteiger partial charge >= 0.3 is 0 Å². The van der Waals surface area contributed by atoms with Crippen molar-refractivity contribution in [3.05, 3.63) is 41.0 Å². The van der Waals surface area contributed by atoms with Crippen LogP contribution in [-0.2, 0) is 0 Å². The van der Waals surface area contributed by atoms with Gasteiger partial charge in [-0.2, -0.15) is 0 Å². The van der Waals surface area contributed by atoms with Crippen molar-refractivity contribution in [2.75, 3.05) is 0 Å². The van der Waals surface area contributed by atoms with Crippen LogP contribution in [0.5, 0.6) is 0 Å². The minimum absolute atomic E-state index is 0.768. The molecule has 68 valence electrons. The zero-order valence-electron chi connectivity index (χ0n) is 7.44. The lowest BCUT2D eigenvalue weighted by Gasteiger charge is -2.21. The van der Waals surface area contributed by atoms with Crippen LogP contribution in [0.3, 0.4) is 0 Å². The first-order valence-corrected chi connectivity index (χ1v) is 4.33. The van der Waals surface area contributed by atoms with E-state index < -0.39 is 12.2 Å². The van der Waals surface area contributed by atoms with Crippen LogP contribution in [0.25, 0.3) is 6.08 Å². The molecule has 0 radical (unpaired) electrons. The van der Waals surface area contributed by atoms with Crippen LogP contribution in [-0.4, -0.2) is 16.3 Å². The van der Waals surface area contributed by atoms with Crippen molar-refractivity contribution >= 4 is 6.08 Å². The molecule has 0 aromatic heterocycles. The maximum atomic E-state index is 9.62. The van der Waals surface area contributed by atoms with Crippen LogP contribution in [0.15, 0.2) is 24.3 Å². The van der Waals surface area contributed by atoms with Gasteiger partial charge in [0.05, 0.1) is 0 Å². The highest BCUT2D eigenvalue weighted by molar-refractivity contribution is 5.59. The van der Waals surface area contributed by atoms with Crippen molar-refractivity contribution in [2.24, 2.45) is 0 Å². The van der Waals surface area contributed by atoms with Gasteiger partial charge in [0.25, 0.3) is 0 Å². The third-order valence-corrected chi connectivity index (χ3v) is 2.36. The Morgan fingerprint density at radius 3 is 2.77 bits per heavy atom. The molecule has 1 aliphatic rings. The summed E-state index contributed by atoms with van der Waals surface area (Å²) in [6.45, 7) is 2.01. The molecule has 0 spiro atoms. The molecule has 0 aliphatic heterocycles. The maximum Gasteiger partial charge on any atom is 0.109 e. The summed E-state index contributed by atoms with van der Waals surface area (Å²) in [4.78, 5) is 0. The van der Waals surface area contributed by atoms with Gasteiger partial charge in [0.2, 0.25) is 0 Å². The summed E-state index contributed by atoms with van der Waals surface area (Å²) in [5.74, 6) is 0. The number of hydrogen-bond donors (Lipinski definition) is 2. The topological polar surface area (TPSA) is 40.5 Å². The molecule has 2 atom stereocenters. The molecule has 0 heterocycles. The van der Waals surface area contributed by atoms with Crippen molar-refractivity contribution in [1.29, 1.82) is 0 Å². The highest BCUT2D eigenvalue weighted by Gasteiger charge is 2.21.